The van der Waals surface area contributed by atoms with Crippen LogP contribution in [0.1, 0.15) is 0 Å². The molecule has 0 saturated carbocycles. The van der Waals surface area contributed by atoms with Crippen LogP contribution in [0.3, 0.4) is 0 Å². The van der Waals surface area contributed by atoms with Crippen LogP contribution in [-0.4, -0.2) is 12.8 Å². The Morgan fingerprint density at radius 2 is 1.90 bits per heavy atom. The molecule has 1 aliphatic rings. The van der Waals surface area contributed by atoms with Gasteiger partial charge in [0, 0.05) is 27.2 Å². The lowest BCUT2D eigenvalue weighted by Crippen LogP contribution is -2.28. The zero-order valence-electron chi connectivity index (χ0n) is 10.2. The van der Waals surface area contributed by atoms with Crippen molar-refractivity contribution in [2.75, 3.05) is 6.54 Å². The quantitative estimate of drug-likeness (QED) is 0.915. The van der Waals surface area contributed by atoms with Gasteiger partial charge in [0.2, 0.25) is 0 Å². The van der Waals surface area contributed by atoms with Gasteiger partial charge in [0.1, 0.15) is 5.82 Å². The van der Waals surface area contributed by atoms with Crippen LogP contribution in [0.15, 0.2) is 30.3 Å². The van der Waals surface area contributed by atoms with Gasteiger partial charge in [0.15, 0.2) is 11.5 Å². The van der Waals surface area contributed by atoms with Gasteiger partial charge < -0.3 is 15.2 Å². The van der Waals surface area contributed by atoms with Crippen LogP contribution >= 0.6 is 23.2 Å². The Morgan fingerprint density at radius 3 is 2.65 bits per heavy atom. The molecule has 3 nitrogen and oxygen atoms in total. The van der Waals surface area contributed by atoms with E-state index in [9.17, 15) is 4.39 Å². The van der Waals surface area contributed by atoms with Crippen molar-refractivity contribution in [1.82, 2.24) is 0 Å². The van der Waals surface area contributed by atoms with Gasteiger partial charge in [-0.2, -0.15) is 0 Å². The second kappa shape index (κ2) is 5.13. The maximum absolute atomic E-state index is 13.7. The molecule has 0 bridgehead atoms. The van der Waals surface area contributed by atoms with E-state index in [1.807, 2.05) is 0 Å². The summed E-state index contributed by atoms with van der Waals surface area (Å²) in [6, 6.07) is 7.54. The Labute approximate surface area is 125 Å². The zero-order valence-corrected chi connectivity index (χ0v) is 11.7. The molecule has 2 aromatic rings. The Morgan fingerprint density at radius 1 is 1.10 bits per heavy atom. The first-order valence-corrected chi connectivity index (χ1v) is 6.66. The first-order valence-electron chi connectivity index (χ1n) is 5.91. The van der Waals surface area contributed by atoms with Crippen molar-refractivity contribution in [3.8, 4) is 22.6 Å². The van der Waals surface area contributed by atoms with Crippen molar-refractivity contribution in [2.45, 2.75) is 6.29 Å². The third-order valence-corrected chi connectivity index (χ3v) is 3.50. The second-order valence-electron chi connectivity index (χ2n) is 4.31. The maximum Gasteiger partial charge on any atom is 0.253 e. The van der Waals surface area contributed by atoms with Gasteiger partial charge in [-0.1, -0.05) is 23.2 Å². The molecule has 0 aromatic heterocycles. The highest BCUT2D eigenvalue weighted by Crippen LogP contribution is 2.45. The smallest absolute Gasteiger partial charge is 0.253 e. The number of nitrogens with two attached hydrogens (primary N) is 1. The molecule has 1 atom stereocenters. The second-order valence-corrected chi connectivity index (χ2v) is 5.15. The number of ether oxygens (including phenoxy) is 2. The summed E-state index contributed by atoms with van der Waals surface area (Å²) in [5.41, 5.74) is 6.57. The highest BCUT2D eigenvalue weighted by Gasteiger charge is 2.28. The molecule has 6 heteroatoms. The molecule has 0 radical (unpaired) electrons. The molecule has 0 amide bonds. The van der Waals surface area contributed by atoms with E-state index in [-0.39, 0.29) is 6.54 Å². The summed E-state index contributed by atoms with van der Waals surface area (Å²) in [5.74, 6) is 0.286. The molecular formula is C14H10Cl2FNO2. The first-order chi connectivity index (χ1) is 9.58. The Bertz CT molecular complexity index is 678. The SMILES string of the molecule is NCC1Oc2cc(F)cc(-c3cc(Cl)ccc3Cl)c2O1. The molecule has 0 spiro atoms. The summed E-state index contributed by atoms with van der Waals surface area (Å²) in [6.07, 6.45) is -0.622. The molecule has 1 heterocycles. The summed E-state index contributed by atoms with van der Waals surface area (Å²) in [4.78, 5) is 0. The van der Waals surface area contributed by atoms with Crippen LogP contribution in [0.4, 0.5) is 4.39 Å². The molecule has 1 unspecified atom stereocenters. The van der Waals surface area contributed by atoms with Crippen molar-refractivity contribution < 1.29 is 13.9 Å². The Hall–Kier alpha value is -1.49. The summed E-state index contributed by atoms with van der Waals surface area (Å²) < 4.78 is 24.7. The minimum atomic E-state index is -0.622. The van der Waals surface area contributed by atoms with Crippen LogP contribution in [-0.2, 0) is 0 Å². The average Bonchev–Trinajstić information content (AvgIpc) is 2.83. The monoisotopic (exact) mass is 313 g/mol. The van der Waals surface area contributed by atoms with Gasteiger partial charge >= 0.3 is 0 Å². The van der Waals surface area contributed by atoms with Gasteiger partial charge in [-0.25, -0.2) is 4.39 Å². The topological polar surface area (TPSA) is 44.5 Å². The molecule has 1 aliphatic heterocycles. The highest BCUT2D eigenvalue weighted by molar-refractivity contribution is 6.35. The highest BCUT2D eigenvalue weighted by atomic mass is 35.5. The molecule has 0 saturated heterocycles. The van der Waals surface area contributed by atoms with Crippen LogP contribution in [0.5, 0.6) is 11.5 Å². The average molecular weight is 314 g/mol. The van der Waals surface area contributed by atoms with Gasteiger partial charge in [0.05, 0.1) is 6.54 Å². The van der Waals surface area contributed by atoms with E-state index in [4.69, 9.17) is 38.4 Å². The van der Waals surface area contributed by atoms with Crippen LogP contribution in [0.2, 0.25) is 10.0 Å². The van der Waals surface area contributed by atoms with Gasteiger partial charge in [-0.05, 0) is 24.3 Å². The summed E-state index contributed by atoms with van der Waals surface area (Å²) in [6.45, 7) is 0.166. The van der Waals surface area contributed by atoms with Crippen LogP contribution in [0.25, 0.3) is 11.1 Å². The van der Waals surface area contributed by atoms with E-state index in [2.05, 4.69) is 0 Å². The third-order valence-electron chi connectivity index (χ3n) is 2.94. The number of halogens is 3. The summed E-state index contributed by atoms with van der Waals surface area (Å²) in [5, 5.41) is 0.943. The van der Waals surface area contributed by atoms with E-state index in [0.29, 0.717) is 32.7 Å². The number of fused-ring (bicyclic) bond motifs is 1. The van der Waals surface area contributed by atoms with Crippen molar-refractivity contribution in [1.29, 1.82) is 0 Å². The minimum absolute atomic E-state index is 0.166. The predicted octanol–water partition coefficient (Wildman–Crippen LogP) is 3.86. The van der Waals surface area contributed by atoms with Crippen molar-refractivity contribution in [3.63, 3.8) is 0 Å². The fraction of sp³-hybridized carbons (Fsp3) is 0.143. The number of benzene rings is 2. The van der Waals surface area contributed by atoms with Crippen molar-refractivity contribution in [2.24, 2.45) is 5.73 Å². The lowest BCUT2D eigenvalue weighted by atomic mass is 10.0. The molecule has 20 heavy (non-hydrogen) atoms. The third kappa shape index (κ3) is 2.30. The minimum Gasteiger partial charge on any atom is -0.449 e. The zero-order chi connectivity index (χ0) is 14.3. The number of hydrogen-bond acceptors (Lipinski definition) is 3. The van der Waals surface area contributed by atoms with E-state index in [0.717, 1.165) is 0 Å². The first kappa shape index (κ1) is 13.5. The largest absolute Gasteiger partial charge is 0.449 e. The standard InChI is InChI=1S/C14H10Cl2FNO2/c15-7-1-2-11(16)9(3-7)10-4-8(17)5-12-14(10)20-13(6-18)19-12/h1-5,13H,6,18H2. The normalized spacial score (nSPS) is 16.5. The van der Waals surface area contributed by atoms with Crippen LogP contribution in [0, 0.1) is 5.82 Å². The molecule has 2 N–H and O–H groups in total. The van der Waals surface area contributed by atoms with E-state index < -0.39 is 12.1 Å². The van der Waals surface area contributed by atoms with Crippen molar-refractivity contribution in [3.05, 3.63) is 46.2 Å². The molecular weight excluding hydrogens is 304 g/mol. The van der Waals surface area contributed by atoms with E-state index >= 15 is 0 Å². The van der Waals surface area contributed by atoms with E-state index in [1.54, 1.807) is 18.2 Å². The Kier molecular flexibility index (Phi) is 3.46. The molecule has 0 aliphatic carbocycles. The number of rotatable bonds is 2. The molecule has 0 fully saturated rings. The van der Waals surface area contributed by atoms with Gasteiger partial charge in [0.25, 0.3) is 6.29 Å². The lowest BCUT2D eigenvalue weighted by Gasteiger charge is -2.10. The Balaban J connectivity index is 2.18. The number of hydrogen-bond donors (Lipinski definition) is 1. The fourth-order valence-electron chi connectivity index (χ4n) is 2.08. The predicted molar refractivity (Wildman–Crippen MR) is 76.0 cm³/mol. The van der Waals surface area contributed by atoms with Crippen molar-refractivity contribution >= 4 is 23.2 Å². The van der Waals surface area contributed by atoms with Gasteiger partial charge in [-0.15, -0.1) is 0 Å². The molecule has 104 valence electrons. The van der Waals surface area contributed by atoms with Crippen LogP contribution < -0.4 is 15.2 Å². The van der Waals surface area contributed by atoms with E-state index in [1.165, 1.54) is 12.1 Å². The maximum atomic E-state index is 13.7. The summed E-state index contributed by atoms with van der Waals surface area (Å²) in [7, 11) is 0. The molecule has 2 aromatic carbocycles. The molecule has 3 rings (SSSR count). The fourth-order valence-corrected chi connectivity index (χ4v) is 2.47. The lowest BCUT2D eigenvalue weighted by molar-refractivity contribution is 0.0582. The summed E-state index contributed by atoms with van der Waals surface area (Å²) >= 11 is 12.1. The van der Waals surface area contributed by atoms with Gasteiger partial charge in [-0.3, -0.25) is 0 Å².